The van der Waals surface area contributed by atoms with Crippen molar-refractivity contribution in [3.63, 3.8) is 0 Å². The Morgan fingerprint density at radius 1 is 1.25 bits per heavy atom. The lowest BCUT2D eigenvalue weighted by molar-refractivity contribution is 0.524. The summed E-state index contributed by atoms with van der Waals surface area (Å²) < 4.78 is 1.86. The van der Waals surface area contributed by atoms with Crippen molar-refractivity contribution in [3.05, 3.63) is 41.2 Å². The van der Waals surface area contributed by atoms with E-state index in [1.165, 1.54) is 0 Å². The molecule has 0 fully saturated rings. The Hall–Kier alpha value is -2.40. The lowest BCUT2D eigenvalue weighted by atomic mass is 10.2. The largest absolute Gasteiger partial charge is 0.264 e. The average Bonchev–Trinajstić information content (AvgIpc) is 2.96. The van der Waals surface area contributed by atoms with Crippen LogP contribution in [-0.4, -0.2) is 26.5 Å². The lowest BCUT2D eigenvalue weighted by Crippen LogP contribution is -1.98. The standard InChI is InChI=1S/C13H17N7/c14-18-16-8-3-1-2-4-9-20-11-13(17-19-20)12-6-5-7-15-10-12/h5-7,10-11H,1-4,8-9H2. The van der Waals surface area contributed by atoms with Gasteiger partial charge < -0.3 is 0 Å². The topological polar surface area (TPSA) is 92.4 Å². The molecule has 2 aromatic heterocycles. The van der Waals surface area contributed by atoms with Crippen LogP contribution in [0.25, 0.3) is 21.7 Å². The molecule has 7 nitrogen and oxygen atoms in total. The molecule has 0 aliphatic heterocycles. The van der Waals surface area contributed by atoms with Crippen molar-refractivity contribution in [2.45, 2.75) is 32.2 Å². The average molecular weight is 271 g/mol. The Balaban J connectivity index is 1.72. The van der Waals surface area contributed by atoms with Crippen molar-refractivity contribution in [1.29, 1.82) is 0 Å². The van der Waals surface area contributed by atoms with Crippen molar-refractivity contribution in [2.24, 2.45) is 5.11 Å². The Kier molecular flexibility index (Phi) is 5.54. The Bertz CT molecular complexity index is 557. The minimum atomic E-state index is 0.588. The molecule has 0 bridgehead atoms. The predicted molar refractivity (Wildman–Crippen MR) is 75.7 cm³/mol. The van der Waals surface area contributed by atoms with Crippen LogP contribution >= 0.6 is 0 Å². The van der Waals surface area contributed by atoms with Crippen LogP contribution in [0.3, 0.4) is 0 Å². The molecular weight excluding hydrogens is 254 g/mol. The summed E-state index contributed by atoms with van der Waals surface area (Å²) in [6, 6.07) is 3.86. The summed E-state index contributed by atoms with van der Waals surface area (Å²) in [4.78, 5) is 6.80. The normalized spacial score (nSPS) is 10.2. The second kappa shape index (κ2) is 7.91. The molecule has 0 atom stereocenters. The highest BCUT2D eigenvalue weighted by Gasteiger charge is 2.03. The minimum Gasteiger partial charge on any atom is -0.264 e. The summed E-state index contributed by atoms with van der Waals surface area (Å²) in [7, 11) is 0. The summed E-state index contributed by atoms with van der Waals surface area (Å²) in [6.07, 6.45) is 9.63. The molecule has 0 aliphatic carbocycles. The molecule has 0 unspecified atom stereocenters. The quantitative estimate of drug-likeness (QED) is 0.319. The van der Waals surface area contributed by atoms with Gasteiger partial charge in [0.25, 0.3) is 0 Å². The van der Waals surface area contributed by atoms with Gasteiger partial charge in [0, 0.05) is 36.0 Å². The summed E-state index contributed by atoms with van der Waals surface area (Å²) >= 11 is 0. The first-order valence-corrected chi connectivity index (χ1v) is 6.71. The number of azide groups is 1. The minimum absolute atomic E-state index is 0.588. The number of unbranched alkanes of at least 4 members (excludes halogenated alkanes) is 3. The van der Waals surface area contributed by atoms with Crippen LogP contribution in [0.4, 0.5) is 0 Å². The van der Waals surface area contributed by atoms with E-state index in [9.17, 15) is 0 Å². The number of rotatable bonds is 8. The van der Waals surface area contributed by atoms with E-state index in [2.05, 4.69) is 25.3 Å². The highest BCUT2D eigenvalue weighted by molar-refractivity contribution is 5.55. The molecule has 0 aliphatic rings. The number of aryl methyl sites for hydroxylation is 1. The van der Waals surface area contributed by atoms with Gasteiger partial charge in [-0.3, -0.25) is 9.67 Å². The highest BCUT2D eigenvalue weighted by Crippen LogP contribution is 2.14. The van der Waals surface area contributed by atoms with Crippen LogP contribution in [0.1, 0.15) is 25.7 Å². The van der Waals surface area contributed by atoms with Crippen molar-refractivity contribution in [1.82, 2.24) is 20.0 Å². The first kappa shape index (κ1) is 14.0. The third kappa shape index (κ3) is 4.37. The second-order valence-electron chi connectivity index (χ2n) is 4.48. The first-order chi connectivity index (χ1) is 9.90. The zero-order valence-electron chi connectivity index (χ0n) is 11.3. The van der Waals surface area contributed by atoms with E-state index in [1.807, 2.05) is 23.0 Å². The Morgan fingerprint density at radius 3 is 2.95 bits per heavy atom. The monoisotopic (exact) mass is 271 g/mol. The van der Waals surface area contributed by atoms with Crippen molar-refractivity contribution >= 4 is 0 Å². The molecule has 2 aromatic rings. The Labute approximate surface area is 117 Å². The zero-order valence-corrected chi connectivity index (χ0v) is 11.3. The fourth-order valence-corrected chi connectivity index (χ4v) is 1.91. The van der Waals surface area contributed by atoms with E-state index in [0.29, 0.717) is 6.54 Å². The van der Waals surface area contributed by atoms with Crippen LogP contribution in [0.15, 0.2) is 35.8 Å². The van der Waals surface area contributed by atoms with Gasteiger partial charge in [0.15, 0.2) is 0 Å². The summed E-state index contributed by atoms with van der Waals surface area (Å²) in [5, 5.41) is 11.8. The first-order valence-electron chi connectivity index (χ1n) is 6.71. The van der Waals surface area contributed by atoms with E-state index in [4.69, 9.17) is 5.53 Å². The summed E-state index contributed by atoms with van der Waals surface area (Å²) in [5.74, 6) is 0. The number of hydrogen-bond acceptors (Lipinski definition) is 4. The van der Waals surface area contributed by atoms with Crippen molar-refractivity contribution in [3.8, 4) is 11.3 Å². The molecule has 0 aromatic carbocycles. The maximum atomic E-state index is 8.15. The van der Waals surface area contributed by atoms with Crippen LogP contribution in [0, 0.1) is 0 Å². The van der Waals surface area contributed by atoms with Gasteiger partial charge >= 0.3 is 0 Å². The second-order valence-corrected chi connectivity index (χ2v) is 4.48. The molecule has 20 heavy (non-hydrogen) atoms. The molecule has 2 rings (SSSR count). The molecule has 7 heteroatoms. The third-order valence-electron chi connectivity index (χ3n) is 2.95. The molecule has 104 valence electrons. The number of aromatic nitrogens is 4. The van der Waals surface area contributed by atoms with Crippen LogP contribution < -0.4 is 0 Å². The van der Waals surface area contributed by atoms with Gasteiger partial charge in [0.2, 0.25) is 0 Å². The number of hydrogen-bond donors (Lipinski definition) is 0. The molecule has 2 heterocycles. The van der Waals surface area contributed by atoms with Gasteiger partial charge in [0.05, 0.1) is 6.20 Å². The smallest absolute Gasteiger partial charge is 0.114 e. The molecule has 0 saturated carbocycles. The summed E-state index contributed by atoms with van der Waals surface area (Å²) in [5.41, 5.74) is 9.98. The fraction of sp³-hybridized carbons (Fsp3) is 0.462. The molecule has 0 saturated heterocycles. The molecular formula is C13H17N7. The maximum absolute atomic E-state index is 8.15. The SMILES string of the molecule is [N-]=[N+]=NCCCCCCn1cc(-c2cccnc2)nn1. The zero-order chi connectivity index (χ0) is 14.0. The van der Waals surface area contributed by atoms with E-state index >= 15 is 0 Å². The van der Waals surface area contributed by atoms with Crippen molar-refractivity contribution < 1.29 is 0 Å². The van der Waals surface area contributed by atoms with Gasteiger partial charge in [-0.2, -0.15) is 0 Å². The van der Waals surface area contributed by atoms with Gasteiger partial charge in [0.1, 0.15) is 5.69 Å². The van der Waals surface area contributed by atoms with Gasteiger partial charge in [-0.1, -0.05) is 23.2 Å². The predicted octanol–water partition coefficient (Wildman–Crippen LogP) is 3.21. The fourth-order valence-electron chi connectivity index (χ4n) is 1.91. The van der Waals surface area contributed by atoms with Gasteiger partial charge in [-0.05, 0) is 30.5 Å². The van der Waals surface area contributed by atoms with Gasteiger partial charge in [-0.15, -0.1) is 5.10 Å². The molecule has 0 spiro atoms. The van der Waals surface area contributed by atoms with E-state index in [0.717, 1.165) is 43.5 Å². The maximum Gasteiger partial charge on any atom is 0.114 e. The molecule has 0 N–H and O–H groups in total. The molecule has 0 radical (unpaired) electrons. The van der Waals surface area contributed by atoms with Gasteiger partial charge in [-0.25, -0.2) is 0 Å². The lowest BCUT2D eigenvalue weighted by Gasteiger charge is -1.99. The van der Waals surface area contributed by atoms with E-state index < -0.39 is 0 Å². The van der Waals surface area contributed by atoms with Crippen LogP contribution in [-0.2, 0) is 6.54 Å². The highest BCUT2D eigenvalue weighted by atomic mass is 15.4. The van der Waals surface area contributed by atoms with Crippen molar-refractivity contribution in [2.75, 3.05) is 6.54 Å². The van der Waals surface area contributed by atoms with E-state index in [-0.39, 0.29) is 0 Å². The Morgan fingerprint density at radius 2 is 2.15 bits per heavy atom. The van der Waals surface area contributed by atoms with E-state index in [1.54, 1.807) is 12.4 Å². The summed E-state index contributed by atoms with van der Waals surface area (Å²) in [6.45, 7) is 1.44. The number of pyridine rings is 1. The van der Waals surface area contributed by atoms with Crippen LogP contribution in [0.5, 0.6) is 0 Å². The van der Waals surface area contributed by atoms with Crippen LogP contribution in [0.2, 0.25) is 0 Å². The molecule has 0 amide bonds. The number of nitrogens with zero attached hydrogens (tertiary/aromatic N) is 7. The third-order valence-corrected chi connectivity index (χ3v) is 2.95.